The average Bonchev–Trinajstić information content (AvgIpc) is 3.51. The van der Waals surface area contributed by atoms with Crippen LogP contribution >= 0.6 is 0 Å². The number of nitrogens with one attached hydrogen (secondary N) is 3. The molecule has 8 rings (SSSR count). The number of methoxy groups -OCH3 is 1. The number of hydrogen-bond acceptors (Lipinski definition) is 6. The largest absolute Gasteiger partial charge is 0.453 e. The van der Waals surface area contributed by atoms with E-state index in [9.17, 15) is 14.4 Å². The molecule has 2 heterocycles. The second kappa shape index (κ2) is 13.6. The van der Waals surface area contributed by atoms with Crippen molar-refractivity contribution in [3.8, 4) is 33.5 Å². The number of benzene rings is 3. The van der Waals surface area contributed by atoms with E-state index in [-0.39, 0.29) is 23.4 Å². The van der Waals surface area contributed by atoms with Crippen LogP contribution < -0.4 is 10.9 Å². The normalized spacial score (nSPS) is 19.1. The maximum absolute atomic E-state index is 13.8. The van der Waals surface area contributed by atoms with E-state index in [1.807, 2.05) is 44.0 Å². The topological polar surface area (TPSA) is 133 Å². The van der Waals surface area contributed by atoms with Gasteiger partial charge in [-0.15, -0.1) is 0 Å². The number of ether oxygens (including phenoxy) is 1. The molecule has 2 amide bonds. The van der Waals surface area contributed by atoms with Crippen LogP contribution in [-0.2, 0) is 28.9 Å². The number of carbonyl (C=O) groups excluding carboxylic acids is 2. The van der Waals surface area contributed by atoms with Crippen LogP contribution in [-0.4, -0.2) is 56.0 Å². The van der Waals surface area contributed by atoms with Crippen LogP contribution in [0.5, 0.6) is 0 Å². The third kappa shape index (κ3) is 6.64. The SMILES string of the molecule is COC(=O)N[C@H](C(=O)N(Cc1ncc(-c2ccc(-c3ccc(-c4ccc5nc(C)[nH]c(=O)c5c4)c4c3CC3(CCCC3)C4)cc2)[nH]1)C1CC1C)C(C)C. The highest BCUT2D eigenvalue weighted by Gasteiger charge is 2.44. The van der Waals surface area contributed by atoms with Gasteiger partial charge in [0.15, 0.2) is 0 Å². The quantitative estimate of drug-likeness (QED) is 0.143. The number of fused-ring (bicyclic) bond motifs is 2. The third-order valence-electron chi connectivity index (χ3n) is 11.9. The molecule has 53 heavy (non-hydrogen) atoms. The number of hydrogen-bond donors (Lipinski definition) is 3. The van der Waals surface area contributed by atoms with Crippen LogP contribution in [0, 0.1) is 24.2 Å². The molecule has 3 aromatic carbocycles. The fraction of sp³-hybridized carbons (Fsp3) is 0.419. The molecule has 3 aliphatic carbocycles. The Labute approximate surface area is 309 Å². The summed E-state index contributed by atoms with van der Waals surface area (Å²) in [7, 11) is 1.31. The summed E-state index contributed by atoms with van der Waals surface area (Å²) in [5.41, 5.74) is 10.4. The van der Waals surface area contributed by atoms with Gasteiger partial charge in [-0.2, -0.15) is 0 Å². The molecule has 274 valence electrons. The number of amides is 2. The predicted octanol–water partition coefficient (Wildman–Crippen LogP) is 7.73. The minimum absolute atomic E-state index is 0.101. The zero-order valence-electron chi connectivity index (χ0n) is 31.2. The van der Waals surface area contributed by atoms with Gasteiger partial charge in [-0.05, 0) is 107 Å². The van der Waals surface area contributed by atoms with Gasteiger partial charge in [-0.25, -0.2) is 14.8 Å². The number of aryl methyl sites for hydroxylation is 1. The first kappa shape index (κ1) is 34.8. The zero-order valence-corrected chi connectivity index (χ0v) is 31.2. The van der Waals surface area contributed by atoms with Gasteiger partial charge in [-0.3, -0.25) is 9.59 Å². The van der Waals surface area contributed by atoms with Gasteiger partial charge >= 0.3 is 6.09 Å². The summed E-state index contributed by atoms with van der Waals surface area (Å²) >= 11 is 0. The molecule has 3 N–H and O–H groups in total. The predicted molar refractivity (Wildman–Crippen MR) is 206 cm³/mol. The van der Waals surface area contributed by atoms with E-state index < -0.39 is 12.1 Å². The van der Waals surface area contributed by atoms with Crippen molar-refractivity contribution in [3.05, 3.63) is 93.9 Å². The van der Waals surface area contributed by atoms with E-state index in [2.05, 4.69) is 74.6 Å². The van der Waals surface area contributed by atoms with Crippen molar-refractivity contribution in [2.24, 2.45) is 17.3 Å². The molecule has 1 spiro atoms. The van der Waals surface area contributed by atoms with Crippen LogP contribution in [0.1, 0.15) is 75.7 Å². The van der Waals surface area contributed by atoms with Gasteiger partial charge in [0.05, 0.1) is 36.4 Å². The monoisotopic (exact) mass is 712 g/mol. The van der Waals surface area contributed by atoms with Gasteiger partial charge in [0.1, 0.15) is 17.7 Å². The molecule has 2 aromatic heterocycles. The Morgan fingerprint density at radius 1 is 0.962 bits per heavy atom. The van der Waals surface area contributed by atoms with Crippen molar-refractivity contribution < 1.29 is 14.3 Å². The Hall–Kier alpha value is -5.25. The molecular formula is C43H48N6O4. The lowest BCUT2D eigenvalue weighted by Gasteiger charge is -2.29. The van der Waals surface area contributed by atoms with Crippen molar-refractivity contribution in [2.75, 3.05) is 7.11 Å². The summed E-state index contributed by atoms with van der Waals surface area (Å²) in [6.07, 6.45) is 9.36. The lowest BCUT2D eigenvalue weighted by atomic mass is 9.82. The van der Waals surface area contributed by atoms with Gasteiger partial charge in [0.25, 0.3) is 5.56 Å². The Kier molecular flexibility index (Phi) is 8.95. The Morgan fingerprint density at radius 3 is 2.25 bits per heavy atom. The number of H-pyrrole nitrogens is 2. The third-order valence-corrected chi connectivity index (χ3v) is 11.9. The van der Waals surface area contributed by atoms with Crippen molar-refractivity contribution in [2.45, 2.75) is 91.3 Å². The molecule has 0 saturated heterocycles. The number of carbonyl (C=O) groups is 2. The fourth-order valence-corrected chi connectivity index (χ4v) is 8.91. The smallest absolute Gasteiger partial charge is 0.407 e. The van der Waals surface area contributed by atoms with Crippen LogP contribution in [0.4, 0.5) is 4.79 Å². The molecule has 3 aliphatic rings. The lowest BCUT2D eigenvalue weighted by Crippen LogP contribution is -2.52. The minimum atomic E-state index is -0.685. The van der Waals surface area contributed by atoms with Gasteiger partial charge in [-0.1, -0.05) is 76.1 Å². The molecule has 2 saturated carbocycles. The number of aromatic amines is 2. The molecule has 0 aliphatic heterocycles. The zero-order chi connectivity index (χ0) is 37.0. The van der Waals surface area contributed by atoms with E-state index in [0.29, 0.717) is 34.9 Å². The summed E-state index contributed by atoms with van der Waals surface area (Å²) < 4.78 is 4.80. The average molecular weight is 713 g/mol. The highest BCUT2D eigenvalue weighted by Crippen LogP contribution is 2.53. The van der Waals surface area contributed by atoms with E-state index in [1.165, 1.54) is 60.6 Å². The Bertz CT molecular complexity index is 2270. The van der Waals surface area contributed by atoms with Crippen molar-refractivity contribution in [3.63, 3.8) is 0 Å². The Balaban J connectivity index is 1.06. The molecule has 10 nitrogen and oxygen atoms in total. The molecule has 0 bridgehead atoms. The van der Waals surface area contributed by atoms with Crippen LogP contribution in [0.3, 0.4) is 0 Å². The second-order valence-electron chi connectivity index (χ2n) is 16.0. The minimum Gasteiger partial charge on any atom is -0.453 e. The van der Waals surface area contributed by atoms with E-state index in [0.717, 1.165) is 41.6 Å². The molecule has 10 heteroatoms. The van der Waals surface area contributed by atoms with E-state index in [1.54, 1.807) is 0 Å². The molecule has 2 fully saturated rings. The summed E-state index contributed by atoms with van der Waals surface area (Å²) in [4.78, 5) is 56.1. The van der Waals surface area contributed by atoms with Crippen molar-refractivity contribution in [1.82, 2.24) is 30.2 Å². The molecule has 3 atom stereocenters. The van der Waals surface area contributed by atoms with Crippen LogP contribution in [0.15, 0.2) is 65.6 Å². The maximum atomic E-state index is 13.8. The number of aromatic nitrogens is 4. The molecule has 0 radical (unpaired) electrons. The van der Waals surface area contributed by atoms with E-state index in [4.69, 9.17) is 4.74 Å². The molecule has 2 unspecified atom stereocenters. The Morgan fingerprint density at radius 2 is 1.60 bits per heavy atom. The number of imidazole rings is 1. The number of rotatable bonds is 9. The van der Waals surface area contributed by atoms with Crippen molar-refractivity contribution in [1.29, 1.82) is 0 Å². The van der Waals surface area contributed by atoms with Gasteiger partial charge < -0.3 is 24.9 Å². The lowest BCUT2D eigenvalue weighted by molar-refractivity contribution is -0.136. The highest BCUT2D eigenvalue weighted by molar-refractivity contribution is 5.87. The summed E-state index contributed by atoms with van der Waals surface area (Å²) in [6.45, 7) is 8.12. The second-order valence-corrected chi connectivity index (χ2v) is 16.0. The van der Waals surface area contributed by atoms with Crippen LogP contribution in [0.25, 0.3) is 44.4 Å². The first-order valence-corrected chi connectivity index (χ1v) is 19.0. The molecular weight excluding hydrogens is 665 g/mol. The van der Waals surface area contributed by atoms with Gasteiger partial charge in [0.2, 0.25) is 5.91 Å². The van der Waals surface area contributed by atoms with Crippen LogP contribution in [0.2, 0.25) is 0 Å². The molecule has 5 aromatic rings. The summed E-state index contributed by atoms with van der Waals surface area (Å²) in [5.74, 6) is 1.49. The first-order valence-electron chi connectivity index (χ1n) is 19.0. The summed E-state index contributed by atoms with van der Waals surface area (Å²) in [6, 6.07) is 18.7. The first-order chi connectivity index (χ1) is 25.5. The van der Waals surface area contributed by atoms with E-state index >= 15 is 0 Å². The highest BCUT2D eigenvalue weighted by atomic mass is 16.5. The number of alkyl carbamates (subject to hydrolysis) is 1. The summed E-state index contributed by atoms with van der Waals surface area (Å²) in [5, 5.41) is 3.35. The van der Waals surface area contributed by atoms with Crippen molar-refractivity contribution >= 4 is 22.9 Å². The van der Waals surface area contributed by atoms with Gasteiger partial charge in [0, 0.05) is 6.04 Å². The maximum Gasteiger partial charge on any atom is 0.407 e. The standard InChI is InChI=1S/C43H48N6O4/c1-24(2)39(48-42(52)53-5)41(51)49(37-18-25(37)3)23-38-44-22-36(47-38)28-10-8-27(9-11-28)30-13-14-31(34-21-43(20-33(30)34)16-6-7-17-43)29-12-15-35-32(19-29)40(50)46-26(4)45-35/h8-15,19,22,24-25,37,39H,6-7,16-18,20-21,23H2,1-5H3,(H,44,47)(H,48,52)(H,45,46,50)/t25?,37?,39-/m0/s1. The fourth-order valence-electron chi connectivity index (χ4n) is 8.91. The number of nitrogens with zero attached hydrogens (tertiary/aromatic N) is 3.